The molecule has 3 heteroatoms. The second-order valence-electron chi connectivity index (χ2n) is 5.51. The van der Waals surface area contributed by atoms with Gasteiger partial charge in [-0.15, -0.1) is 0 Å². The van der Waals surface area contributed by atoms with Crippen LogP contribution in [-0.4, -0.2) is 18.6 Å². The van der Waals surface area contributed by atoms with Gasteiger partial charge in [0.05, 0.1) is 13.3 Å². The minimum absolute atomic E-state index is 0.404. The molecule has 1 saturated carbocycles. The van der Waals surface area contributed by atoms with Crippen molar-refractivity contribution in [3.8, 4) is 5.75 Å². The van der Waals surface area contributed by atoms with Gasteiger partial charge in [0.1, 0.15) is 5.75 Å². The van der Waals surface area contributed by atoms with Crippen molar-refractivity contribution in [1.29, 1.82) is 0 Å². The molecule has 2 rings (SSSR count). The van der Waals surface area contributed by atoms with Gasteiger partial charge in [-0.2, -0.15) is 0 Å². The number of hydrogen-bond donors (Lipinski definition) is 1. The second kappa shape index (κ2) is 7.49. The fraction of sp³-hybridized carbons (Fsp3) is 0.688. The highest BCUT2D eigenvalue weighted by Crippen LogP contribution is 2.35. The number of nitrogens with one attached hydrogen (secondary N) is 1. The van der Waals surface area contributed by atoms with Crippen molar-refractivity contribution < 1.29 is 4.74 Å². The van der Waals surface area contributed by atoms with Gasteiger partial charge in [0.25, 0.3) is 0 Å². The molecule has 1 aromatic rings. The predicted octanol–water partition coefficient (Wildman–Crippen LogP) is 3.71. The first kappa shape index (κ1) is 14.3. The van der Waals surface area contributed by atoms with Crippen LogP contribution in [0.5, 0.6) is 5.75 Å². The number of pyridine rings is 1. The standard InChI is InChI=1S/C16H26N2O/c1-3-9-18-15(11-13-6-4-5-7-13)14-8-10-17-12-16(14)19-2/h8,10,12-13,15,18H,3-7,9,11H2,1-2H3. The van der Waals surface area contributed by atoms with Crippen molar-refractivity contribution in [2.45, 2.75) is 51.5 Å². The van der Waals surface area contributed by atoms with Crippen LogP contribution in [0.3, 0.4) is 0 Å². The Kier molecular flexibility index (Phi) is 5.64. The molecule has 0 spiro atoms. The van der Waals surface area contributed by atoms with Crippen LogP contribution in [0, 0.1) is 5.92 Å². The van der Waals surface area contributed by atoms with Gasteiger partial charge in [-0.25, -0.2) is 0 Å². The van der Waals surface area contributed by atoms with Crippen LogP contribution in [0.1, 0.15) is 57.1 Å². The monoisotopic (exact) mass is 262 g/mol. The maximum absolute atomic E-state index is 5.47. The maximum atomic E-state index is 5.47. The lowest BCUT2D eigenvalue weighted by Gasteiger charge is -2.23. The number of hydrogen-bond acceptors (Lipinski definition) is 3. The van der Waals surface area contributed by atoms with E-state index in [1.54, 1.807) is 7.11 Å². The number of ether oxygens (including phenoxy) is 1. The van der Waals surface area contributed by atoms with E-state index < -0.39 is 0 Å². The third kappa shape index (κ3) is 3.93. The van der Waals surface area contributed by atoms with Gasteiger partial charge < -0.3 is 10.1 Å². The second-order valence-corrected chi connectivity index (χ2v) is 5.51. The minimum atomic E-state index is 0.404. The lowest BCUT2D eigenvalue weighted by Crippen LogP contribution is -2.24. The molecule has 1 N–H and O–H groups in total. The van der Waals surface area contributed by atoms with Crippen molar-refractivity contribution in [3.63, 3.8) is 0 Å². The van der Waals surface area contributed by atoms with E-state index in [9.17, 15) is 0 Å². The van der Waals surface area contributed by atoms with Gasteiger partial charge >= 0.3 is 0 Å². The molecular formula is C16H26N2O. The number of rotatable bonds is 7. The summed E-state index contributed by atoms with van der Waals surface area (Å²) in [5.74, 6) is 1.78. The Bertz CT molecular complexity index is 375. The molecule has 0 aromatic carbocycles. The van der Waals surface area contributed by atoms with Gasteiger partial charge in [0.15, 0.2) is 0 Å². The molecule has 0 aliphatic heterocycles. The maximum Gasteiger partial charge on any atom is 0.141 e. The van der Waals surface area contributed by atoms with E-state index in [2.05, 4.69) is 23.3 Å². The zero-order chi connectivity index (χ0) is 13.5. The predicted molar refractivity (Wildman–Crippen MR) is 78.4 cm³/mol. The third-order valence-electron chi connectivity index (χ3n) is 4.10. The average molecular weight is 262 g/mol. The van der Waals surface area contributed by atoms with Crippen LogP contribution in [0.25, 0.3) is 0 Å². The first-order chi connectivity index (χ1) is 9.35. The van der Waals surface area contributed by atoms with Crippen molar-refractivity contribution in [2.24, 2.45) is 5.92 Å². The number of nitrogens with zero attached hydrogens (tertiary/aromatic N) is 1. The van der Waals surface area contributed by atoms with Gasteiger partial charge in [-0.05, 0) is 31.4 Å². The highest BCUT2D eigenvalue weighted by atomic mass is 16.5. The molecule has 1 aromatic heterocycles. The zero-order valence-electron chi connectivity index (χ0n) is 12.2. The van der Waals surface area contributed by atoms with Crippen LogP contribution in [0.4, 0.5) is 0 Å². The van der Waals surface area contributed by atoms with Crippen molar-refractivity contribution in [3.05, 3.63) is 24.0 Å². The summed E-state index contributed by atoms with van der Waals surface area (Å²) < 4.78 is 5.47. The average Bonchev–Trinajstić information content (AvgIpc) is 2.96. The number of methoxy groups -OCH3 is 1. The van der Waals surface area contributed by atoms with E-state index in [0.717, 1.165) is 24.6 Å². The molecule has 1 aliphatic rings. The lowest BCUT2D eigenvalue weighted by atomic mass is 9.93. The smallest absolute Gasteiger partial charge is 0.141 e. The summed E-state index contributed by atoms with van der Waals surface area (Å²) in [4.78, 5) is 4.16. The molecule has 0 radical (unpaired) electrons. The Morgan fingerprint density at radius 3 is 2.89 bits per heavy atom. The Labute approximate surface area is 116 Å². The highest BCUT2D eigenvalue weighted by molar-refractivity contribution is 5.32. The summed E-state index contributed by atoms with van der Waals surface area (Å²) in [5, 5.41) is 3.68. The molecule has 3 nitrogen and oxygen atoms in total. The fourth-order valence-electron chi connectivity index (χ4n) is 3.07. The first-order valence-corrected chi connectivity index (χ1v) is 7.56. The summed E-state index contributed by atoms with van der Waals surface area (Å²) in [7, 11) is 1.73. The highest BCUT2D eigenvalue weighted by Gasteiger charge is 2.22. The molecule has 0 bridgehead atoms. The molecular weight excluding hydrogens is 236 g/mol. The molecule has 106 valence electrons. The van der Waals surface area contributed by atoms with Crippen LogP contribution in [-0.2, 0) is 0 Å². The molecule has 0 saturated heterocycles. The topological polar surface area (TPSA) is 34.2 Å². The minimum Gasteiger partial charge on any atom is -0.495 e. The van der Waals surface area contributed by atoms with E-state index in [1.165, 1.54) is 37.7 Å². The molecule has 1 aliphatic carbocycles. The summed E-state index contributed by atoms with van der Waals surface area (Å²) >= 11 is 0. The Morgan fingerprint density at radius 1 is 1.42 bits per heavy atom. The van der Waals surface area contributed by atoms with E-state index in [1.807, 2.05) is 12.4 Å². The zero-order valence-corrected chi connectivity index (χ0v) is 12.2. The van der Waals surface area contributed by atoms with Crippen molar-refractivity contribution in [1.82, 2.24) is 10.3 Å². The van der Waals surface area contributed by atoms with Crippen LogP contribution in [0.2, 0.25) is 0 Å². The summed E-state index contributed by atoms with van der Waals surface area (Å²) in [6.45, 7) is 3.27. The quantitative estimate of drug-likeness (QED) is 0.813. The van der Waals surface area contributed by atoms with E-state index in [4.69, 9.17) is 4.74 Å². The normalized spacial score (nSPS) is 17.6. The molecule has 0 amide bonds. The molecule has 19 heavy (non-hydrogen) atoms. The fourth-order valence-corrected chi connectivity index (χ4v) is 3.07. The third-order valence-corrected chi connectivity index (χ3v) is 4.10. The molecule has 1 fully saturated rings. The summed E-state index contributed by atoms with van der Waals surface area (Å²) in [6.07, 6.45) is 11.7. The van der Waals surface area contributed by atoms with Crippen LogP contribution in [0.15, 0.2) is 18.5 Å². The van der Waals surface area contributed by atoms with E-state index in [0.29, 0.717) is 6.04 Å². The SMILES string of the molecule is CCCNC(CC1CCCC1)c1ccncc1OC. The Balaban J connectivity index is 2.10. The summed E-state index contributed by atoms with van der Waals surface area (Å²) in [6, 6.07) is 2.50. The lowest BCUT2D eigenvalue weighted by molar-refractivity contribution is 0.366. The molecule has 1 heterocycles. The largest absolute Gasteiger partial charge is 0.495 e. The van der Waals surface area contributed by atoms with Gasteiger partial charge in [-0.3, -0.25) is 4.98 Å². The van der Waals surface area contributed by atoms with Crippen LogP contribution >= 0.6 is 0 Å². The van der Waals surface area contributed by atoms with Crippen molar-refractivity contribution >= 4 is 0 Å². The van der Waals surface area contributed by atoms with E-state index >= 15 is 0 Å². The van der Waals surface area contributed by atoms with Gasteiger partial charge in [0.2, 0.25) is 0 Å². The first-order valence-electron chi connectivity index (χ1n) is 7.56. The van der Waals surface area contributed by atoms with Gasteiger partial charge in [0, 0.05) is 17.8 Å². The molecule has 1 unspecified atom stereocenters. The van der Waals surface area contributed by atoms with Gasteiger partial charge in [-0.1, -0.05) is 32.6 Å². The Morgan fingerprint density at radius 2 is 2.21 bits per heavy atom. The van der Waals surface area contributed by atoms with E-state index in [-0.39, 0.29) is 0 Å². The van der Waals surface area contributed by atoms with Crippen molar-refractivity contribution in [2.75, 3.05) is 13.7 Å². The molecule has 1 atom stereocenters. The number of aromatic nitrogens is 1. The van der Waals surface area contributed by atoms with Crippen LogP contribution < -0.4 is 10.1 Å². The Hall–Kier alpha value is -1.09. The summed E-state index contributed by atoms with van der Waals surface area (Å²) in [5.41, 5.74) is 1.26.